The highest BCUT2D eigenvalue weighted by Gasteiger charge is 2.18. The third kappa shape index (κ3) is 2.80. The van der Waals surface area contributed by atoms with Crippen LogP contribution in [0.5, 0.6) is 0 Å². The topological polar surface area (TPSA) is 118 Å². The van der Waals surface area contributed by atoms with Gasteiger partial charge in [0.1, 0.15) is 6.10 Å². The molecule has 1 aromatic rings. The number of hydrogen-bond donors (Lipinski definition) is 3. The van der Waals surface area contributed by atoms with Crippen molar-refractivity contribution in [3.8, 4) is 0 Å². The number of oxazole rings is 1. The Kier molecular flexibility index (Phi) is 3.62. The molecule has 88 valence electrons. The number of primary amides is 1. The van der Waals surface area contributed by atoms with Gasteiger partial charge >= 0.3 is 0 Å². The van der Waals surface area contributed by atoms with Crippen molar-refractivity contribution in [3.63, 3.8) is 0 Å². The second kappa shape index (κ2) is 4.75. The number of rotatable bonds is 4. The van der Waals surface area contributed by atoms with E-state index in [1.165, 1.54) is 0 Å². The van der Waals surface area contributed by atoms with E-state index in [0.29, 0.717) is 11.6 Å². The lowest BCUT2D eigenvalue weighted by molar-refractivity contribution is -0.125. The standard InChI is InChI=1S/C9H13N3O4/c1-4-7(16-5(2)12-4)9(15)11-3-6(13)8(10)14/h6,13H,3H2,1-2H3,(H2,10,14)(H,11,15). The van der Waals surface area contributed by atoms with E-state index in [9.17, 15) is 9.59 Å². The summed E-state index contributed by atoms with van der Waals surface area (Å²) in [6, 6.07) is 0. The SMILES string of the molecule is Cc1nc(C)c(C(=O)NCC(O)C(N)=O)o1. The summed E-state index contributed by atoms with van der Waals surface area (Å²) in [6.45, 7) is 2.98. The summed E-state index contributed by atoms with van der Waals surface area (Å²) in [4.78, 5) is 25.9. The quantitative estimate of drug-likeness (QED) is 0.601. The van der Waals surface area contributed by atoms with E-state index in [1.807, 2.05) is 0 Å². The zero-order valence-electron chi connectivity index (χ0n) is 8.98. The Labute approximate surface area is 91.6 Å². The van der Waals surface area contributed by atoms with E-state index in [1.54, 1.807) is 13.8 Å². The zero-order valence-corrected chi connectivity index (χ0v) is 8.98. The lowest BCUT2D eigenvalue weighted by atomic mass is 10.3. The Morgan fingerprint density at radius 3 is 2.62 bits per heavy atom. The van der Waals surface area contributed by atoms with Gasteiger partial charge in [-0.2, -0.15) is 0 Å². The van der Waals surface area contributed by atoms with Crippen LogP contribution in [0.25, 0.3) is 0 Å². The maximum Gasteiger partial charge on any atom is 0.289 e. The molecule has 0 radical (unpaired) electrons. The van der Waals surface area contributed by atoms with Crippen molar-refractivity contribution in [1.29, 1.82) is 0 Å². The van der Waals surface area contributed by atoms with Crippen molar-refractivity contribution in [3.05, 3.63) is 17.3 Å². The molecular weight excluding hydrogens is 214 g/mol. The van der Waals surface area contributed by atoms with Crippen molar-refractivity contribution in [2.75, 3.05) is 6.54 Å². The number of carbonyl (C=O) groups excluding carboxylic acids is 2. The first-order valence-electron chi connectivity index (χ1n) is 4.61. The van der Waals surface area contributed by atoms with Gasteiger partial charge in [-0.05, 0) is 6.92 Å². The lowest BCUT2D eigenvalue weighted by Crippen LogP contribution is -2.40. The summed E-state index contributed by atoms with van der Waals surface area (Å²) >= 11 is 0. The number of nitrogens with zero attached hydrogens (tertiary/aromatic N) is 1. The van der Waals surface area contributed by atoms with Gasteiger partial charge in [0.2, 0.25) is 11.7 Å². The molecule has 7 heteroatoms. The second-order valence-electron chi connectivity index (χ2n) is 3.28. The number of carbonyl (C=O) groups is 2. The number of hydrogen-bond acceptors (Lipinski definition) is 5. The van der Waals surface area contributed by atoms with Crippen molar-refractivity contribution >= 4 is 11.8 Å². The molecule has 0 aliphatic heterocycles. The van der Waals surface area contributed by atoms with Crippen LogP contribution in [0, 0.1) is 13.8 Å². The summed E-state index contributed by atoms with van der Waals surface area (Å²) in [7, 11) is 0. The Bertz CT molecular complexity index is 413. The van der Waals surface area contributed by atoms with Crippen LogP contribution < -0.4 is 11.1 Å². The van der Waals surface area contributed by atoms with E-state index in [4.69, 9.17) is 15.3 Å². The molecule has 0 aromatic carbocycles. The molecule has 0 fully saturated rings. The third-order valence-electron chi connectivity index (χ3n) is 1.89. The molecule has 16 heavy (non-hydrogen) atoms. The van der Waals surface area contributed by atoms with Gasteiger partial charge in [0, 0.05) is 6.92 Å². The summed E-state index contributed by atoms with van der Waals surface area (Å²) in [5, 5.41) is 11.4. The van der Waals surface area contributed by atoms with Crippen LogP contribution in [0.1, 0.15) is 22.1 Å². The highest BCUT2D eigenvalue weighted by molar-refractivity contribution is 5.92. The monoisotopic (exact) mass is 227 g/mol. The summed E-state index contributed by atoms with van der Waals surface area (Å²) < 4.78 is 5.05. The molecule has 0 bridgehead atoms. The van der Waals surface area contributed by atoms with E-state index < -0.39 is 17.9 Å². The molecule has 1 unspecified atom stereocenters. The number of amides is 2. The second-order valence-corrected chi connectivity index (χ2v) is 3.28. The van der Waals surface area contributed by atoms with Crippen molar-refractivity contribution in [1.82, 2.24) is 10.3 Å². The Hall–Kier alpha value is -1.89. The van der Waals surface area contributed by atoms with Crippen LogP contribution in [0.3, 0.4) is 0 Å². The van der Waals surface area contributed by atoms with Gasteiger partial charge in [-0.15, -0.1) is 0 Å². The predicted octanol–water partition coefficient (Wildman–Crippen LogP) is -1.13. The fourth-order valence-corrected chi connectivity index (χ4v) is 1.11. The lowest BCUT2D eigenvalue weighted by Gasteiger charge is -2.06. The fourth-order valence-electron chi connectivity index (χ4n) is 1.11. The van der Waals surface area contributed by atoms with Gasteiger partial charge in [0.05, 0.1) is 12.2 Å². The highest BCUT2D eigenvalue weighted by Crippen LogP contribution is 2.08. The molecular formula is C9H13N3O4. The van der Waals surface area contributed by atoms with Gasteiger partial charge in [0.15, 0.2) is 5.89 Å². The predicted molar refractivity (Wildman–Crippen MR) is 53.5 cm³/mol. The van der Waals surface area contributed by atoms with Crippen LogP contribution in [0.4, 0.5) is 0 Å². The summed E-state index contributed by atoms with van der Waals surface area (Å²) in [6.07, 6.45) is -1.41. The average molecular weight is 227 g/mol. The molecule has 0 aliphatic carbocycles. The van der Waals surface area contributed by atoms with E-state index in [-0.39, 0.29) is 12.3 Å². The smallest absolute Gasteiger partial charge is 0.289 e. The summed E-state index contributed by atoms with van der Waals surface area (Å²) in [5.74, 6) is -1.00. The van der Waals surface area contributed by atoms with Crippen LogP contribution >= 0.6 is 0 Å². The fraction of sp³-hybridized carbons (Fsp3) is 0.444. The maximum atomic E-state index is 11.5. The van der Waals surface area contributed by atoms with Crippen LogP contribution in [-0.4, -0.2) is 34.6 Å². The van der Waals surface area contributed by atoms with Gasteiger partial charge in [-0.3, -0.25) is 9.59 Å². The first kappa shape index (κ1) is 12.2. The largest absolute Gasteiger partial charge is 0.436 e. The number of nitrogens with two attached hydrogens (primary N) is 1. The molecule has 7 nitrogen and oxygen atoms in total. The maximum absolute atomic E-state index is 11.5. The minimum atomic E-state index is -1.41. The van der Waals surface area contributed by atoms with Gasteiger partial charge in [-0.25, -0.2) is 4.98 Å². The molecule has 2 amide bonds. The third-order valence-corrected chi connectivity index (χ3v) is 1.89. The number of aliphatic hydroxyl groups is 1. The Balaban J connectivity index is 2.60. The molecule has 1 heterocycles. The minimum Gasteiger partial charge on any atom is -0.436 e. The van der Waals surface area contributed by atoms with Crippen LogP contribution in [0.15, 0.2) is 4.42 Å². The van der Waals surface area contributed by atoms with E-state index >= 15 is 0 Å². The molecule has 1 atom stereocenters. The van der Waals surface area contributed by atoms with Crippen LogP contribution in [0.2, 0.25) is 0 Å². The molecule has 0 saturated heterocycles. The normalized spacial score (nSPS) is 12.2. The van der Waals surface area contributed by atoms with Gasteiger partial charge < -0.3 is 20.6 Å². The van der Waals surface area contributed by atoms with E-state index in [0.717, 1.165) is 0 Å². The first-order chi connectivity index (χ1) is 7.41. The van der Waals surface area contributed by atoms with Crippen molar-refractivity contribution in [2.24, 2.45) is 5.73 Å². The number of nitrogens with one attached hydrogen (secondary N) is 1. The number of aromatic nitrogens is 1. The number of aryl methyl sites for hydroxylation is 2. The number of aliphatic hydroxyl groups excluding tert-OH is 1. The van der Waals surface area contributed by atoms with Crippen molar-refractivity contribution in [2.45, 2.75) is 20.0 Å². The summed E-state index contributed by atoms with van der Waals surface area (Å²) in [5.41, 5.74) is 5.27. The highest BCUT2D eigenvalue weighted by atomic mass is 16.4. The average Bonchev–Trinajstić information content (AvgIpc) is 2.53. The van der Waals surface area contributed by atoms with Crippen LogP contribution in [-0.2, 0) is 4.79 Å². The molecule has 1 rings (SSSR count). The van der Waals surface area contributed by atoms with Gasteiger partial charge in [-0.1, -0.05) is 0 Å². The van der Waals surface area contributed by atoms with E-state index in [2.05, 4.69) is 10.3 Å². The molecule has 0 spiro atoms. The minimum absolute atomic E-state index is 0.0640. The molecule has 0 saturated carbocycles. The molecule has 4 N–H and O–H groups in total. The Morgan fingerprint density at radius 2 is 2.19 bits per heavy atom. The molecule has 0 aliphatic rings. The zero-order chi connectivity index (χ0) is 12.3. The Morgan fingerprint density at radius 1 is 1.56 bits per heavy atom. The molecule has 1 aromatic heterocycles. The van der Waals surface area contributed by atoms with Crippen molar-refractivity contribution < 1.29 is 19.1 Å². The van der Waals surface area contributed by atoms with Gasteiger partial charge in [0.25, 0.3) is 5.91 Å². The first-order valence-corrected chi connectivity index (χ1v) is 4.61.